The van der Waals surface area contributed by atoms with Gasteiger partial charge in [0.25, 0.3) is 0 Å². The smallest absolute Gasteiger partial charge is 0.339 e. The van der Waals surface area contributed by atoms with Crippen molar-refractivity contribution >= 4 is 5.97 Å². The number of carbonyl (C=O) groups is 1. The van der Waals surface area contributed by atoms with E-state index in [1.54, 1.807) is 0 Å². The van der Waals surface area contributed by atoms with Gasteiger partial charge >= 0.3 is 5.97 Å². The first-order valence-electron chi connectivity index (χ1n) is 5.40. The monoisotopic (exact) mass is 266 g/mol. The van der Waals surface area contributed by atoms with Gasteiger partial charge in [0.2, 0.25) is 0 Å². The molecule has 98 valence electrons. The molecule has 2 nitrogen and oxygen atoms in total. The molecule has 0 atom stereocenters. The summed E-state index contributed by atoms with van der Waals surface area (Å²) in [6.45, 7) is 1.38. The second kappa shape index (κ2) is 4.76. The van der Waals surface area contributed by atoms with Crippen LogP contribution < -0.4 is 0 Å². The van der Waals surface area contributed by atoms with Gasteiger partial charge in [-0.2, -0.15) is 0 Å². The SMILES string of the molecule is Cc1ccc(-c2cccc(F)c2C(=O)O)c(F)c1F. The van der Waals surface area contributed by atoms with E-state index in [2.05, 4.69) is 0 Å². The Balaban J connectivity index is 2.77. The summed E-state index contributed by atoms with van der Waals surface area (Å²) in [5.74, 6) is -4.79. The lowest BCUT2D eigenvalue weighted by molar-refractivity contribution is 0.0693. The lowest BCUT2D eigenvalue weighted by Gasteiger charge is -2.09. The quantitative estimate of drug-likeness (QED) is 0.898. The molecule has 0 bridgehead atoms. The summed E-state index contributed by atoms with van der Waals surface area (Å²) in [7, 11) is 0. The van der Waals surface area contributed by atoms with Gasteiger partial charge in [0.1, 0.15) is 11.4 Å². The molecule has 19 heavy (non-hydrogen) atoms. The van der Waals surface area contributed by atoms with Crippen molar-refractivity contribution in [3.05, 3.63) is 58.9 Å². The minimum atomic E-state index is -1.53. The van der Waals surface area contributed by atoms with Crippen molar-refractivity contribution in [2.45, 2.75) is 6.92 Å². The Kier molecular flexibility index (Phi) is 3.29. The molecule has 0 heterocycles. The van der Waals surface area contributed by atoms with E-state index in [4.69, 9.17) is 5.11 Å². The molecular weight excluding hydrogens is 257 g/mol. The van der Waals surface area contributed by atoms with Crippen LogP contribution in [0.4, 0.5) is 13.2 Å². The molecule has 0 fully saturated rings. The molecule has 1 N–H and O–H groups in total. The highest BCUT2D eigenvalue weighted by atomic mass is 19.2. The Hall–Kier alpha value is -2.30. The van der Waals surface area contributed by atoms with Crippen LogP contribution in [0.1, 0.15) is 15.9 Å². The maximum atomic E-state index is 13.8. The van der Waals surface area contributed by atoms with Crippen molar-refractivity contribution in [3.8, 4) is 11.1 Å². The molecule has 0 saturated carbocycles. The van der Waals surface area contributed by atoms with Crippen LogP contribution in [0, 0.1) is 24.4 Å². The zero-order chi connectivity index (χ0) is 14.2. The predicted molar refractivity (Wildman–Crippen MR) is 63.4 cm³/mol. The number of aromatic carboxylic acids is 1. The number of benzene rings is 2. The largest absolute Gasteiger partial charge is 0.478 e. The van der Waals surface area contributed by atoms with E-state index in [-0.39, 0.29) is 16.7 Å². The van der Waals surface area contributed by atoms with Crippen LogP contribution in [0.3, 0.4) is 0 Å². The summed E-state index contributed by atoms with van der Waals surface area (Å²) < 4.78 is 40.8. The lowest BCUT2D eigenvalue weighted by atomic mass is 9.97. The Morgan fingerprint density at radius 2 is 1.68 bits per heavy atom. The number of carboxylic acid groups (broad SMARTS) is 1. The van der Waals surface area contributed by atoms with Crippen LogP contribution in [-0.2, 0) is 0 Å². The summed E-state index contributed by atoms with van der Waals surface area (Å²) in [6.07, 6.45) is 0. The topological polar surface area (TPSA) is 37.3 Å². The maximum Gasteiger partial charge on any atom is 0.339 e. The fraction of sp³-hybridized carbons (Fsp3) is 0.0714. The number of halogens is 3. The molecule has 0 aliphatic carbocycles. The molecule has 2 aromatic carbocycles. The molecule has 0 aliphatic rings. The summed E-state index contributed by atoms with van der Waals surface area (Å²) >= 11 is 0. The first kappa shape index (κ1) is 13.1. The van der Waals surface area contributed by atoms with Gasteiger partial charge in [-0.1, -0.05) is 24.3 Å². The molecule has 0 amide bonds. The van der Waals surface area contributed by atoms with Gasteiger partial charge < -0.3 is 5.11 Å². The number of hydrogen-bond acceptors (Lipinski definition) is 1. The van der Waals surface area contributed by atoms with Crippen molar-refractivity contribution in [2.75, 3.05) is 0 Å². The molecule has 0 radical (unpaired) electrons. The lowest BCUT2D eigenvalue weighted by Crippen LogP contribution is -2.05. The summed E-state index contributed by atoms with van der Waals surface area (Å²) in [6, 6.07) is 5.97. The van der Waals surface area contributed by atoms with E-state index in [0.717, 1.165) is 6.07 Å². The fourth-order valence-electron chi connectivity index (χ4n) is 1.82. The van der Waals surface area contributed by atoms with E-state index in [9.17, 15) is 18.0 Å². The van der Waals surface area contributed by atoms with E-state index >= 15 is 0 Å². The number of aryl methyl sites for hydroxylation is 1. The van der Waals surface area contributed by atoms with Crippen LogP contribution in [0.25, 0.3) is 11.1 Å². The van der Waals surface area contributed by atoms with Gasteiger partial charge in [-0.15, -0.1) is 0 Å². The van der Waals surface area contributed by atoms with E-state index in [1.165, 1.54) is 31.2 Å². The Labute approximate surface area is 107 Å². The third kappa shape index (κ3) is 2.19. The van der Waals surface area contributed by atoms with Gasteiger partial charge in [-0.3, -0.25) is 0 Å². The van der Waals surface area contributed by atoms with Crippen molar-refractivity contribution < 1.29 is 23.1 Å². The second-order valence-electron chi connectivity index (χ2n) is 4.03. The van der Waals surface area contributed by atoms with Crippen molar-refractivity contribution in [1.82, 2.24) is 0 Å². The van der Waals surface area contributed by atoms with Gasteiger partial charge in [-0.25, -0.2) is 18.0 Å². The molecule has 5 heteroatoms. The molecule has 0 unspecified atom stereocenters. The summed E-state index contributed by atoms with van der Waals surface area (Å²) in [5, 5.41) is 8.97. The molecular formula is C14H9F3O2. The first-order valence-corrected chi connectivity index (χ1v) is 5.40. The number of carboxylic acids is 1. The van der Waals surface area contributed by atoms with Crippen molar-refractivity contribution in [1.29, 1.82) is 0 Å². The average molecular weight is 266 g/mol. The molecule has 0 aromatic heterocycles. The Bertz CT molecular complexity index is 666. The average Bonchev–Trinajstić information content (AvgIpc) is 2.35. The minimum absolute atomic E-state index is 0.0922. The van der Waals surface area contributed by atoms with Crippen LogP contribution in [0.15, 0.2) is 30.3 Å². The maximum absolute atomic E-state index is 13.8. The molecule has 2 aromatic rings. The van der Waals surface area contributed by atoms with E-state index in [1.807, 2.05) is 0 Å². The molecule has 2 rings (SSSR count). The molecule has 0 spiro atoms. The van der Waals surface area contributed by atoms with E-state index < -0.39 is 29.0 Å². The Morgan fingerprint density at radius 1 is 1.00 bits per heavy atom. The van der Waals surface area contributed by atoms with Gasteiger partial charge in [0, 0.05) is 11.1 Å². The third-order valence-corrected chi connectivity index (χ3v) is 2.79. The first-order chi connectivity index (χ1) is 8.93. The van der Waals surface area contributed by atoms with Crippen LogP contribution in [-0.4, -0.2) is 11.1 Å². The highest BCUT2D eigenvalue weighted by Gasteiger charge is 2.21. The van der Waals surface area contributed by atoms with Gasteiger partial charge in [0.15, 0.2) is 11.6 Å². The molecule has 0 aliphatic heterocycles. The summed E-state index contributed by atoms with van der Waals surface area (Å²) in [4.78, 5) is 11.0. The van der Waals surface area contributed by atoms with Gasteiger partial charge in [0.05, 0.1) is 0 Å². The van der Waals surface area contributed by atoms with Crippen molar-refractivity contribution in [3.63, 3.8) is 0 Å². The van der Waals surface area contributed by atoms with Crippen molar-refractivity contribution in [2.24, 2.45) is 0 Å². The normalized spacial score (nSPS) is 10.5. The highest BCUT2D eigenvalue weighted by molar-refractivity contribution is 5.96. The second-order valence-corrected chi connectivity index (χ2v) is 4.03. The Morgan fingerprint density at radius 3 is 2.32 bits per heavy atom. The number of hydrogen-bond donors (Lipinski definition) is 1. The van der Waals surface area contributed by atoms with Crippen LogP contribution in [0.2, 0.25) is 0 Å². The zero-order valence-electron chi connectivity index (χ0n) is 9.88. The molecule has 0 saturated heterocycles. The highest BCUT2D eigenvalue weighted by Crippen LogP contribution is 2.30. The minimum Gasteiger partial charge on any atom is -0.478 e. The summed E-state index contributed by atoms with van der Waals surface area (Å²) in [5.41, 5.74) is -1.05. The van der Waals surface area contributed by atoms with Crippen LogP contribution in [0.5, 0.6) is 0 Å². The zero-order valence-corrected chi connectivity index (χ0v) is 9.88. The van der Waals surface area contributed by atoms with Crippen LogP contribution >= 0.6 is 0 Å². The number of rotatable bonds is 2. The third-order valence-electron chi connectivity index (χ3n) is 2.79. The fourth-order valence-corrected chi connectivity index (χ4v) is 1.82. The predicted octanol–water partition coefficient (Wildman–Crippen LogP) is 3.78. The van der Waals surface area contributed by atoms with E-state index in [0.29, 0.717) is 0 Å². The standard InChI is InChI=1S/C14H9F3O2/c1-7-5-6-9(13(17)12(7)16)8-3-2-4-10(15)11(8)14(18)19/h2-6H,1H3,(H,18,19). The van der Waals surface area contributed by atoms with Gasteiger partial charge in [-0.05, 0) is 18.6 Å².